The Kier molecular flexibility index (Phi) is 5.14. The van der Waals surface area contributed by atoms with Crippen molar-refractivity contribution in [3.8, 4) is 0 Å². The summed E-state index contributed by atoms with van der Waals surface area (Å²) in [5.41, 5.74) is 1.63. The van der Waals surface area contributed by atoms with Gasteiger partial charge in [0.25, 0.3) is 0 Å². The normalized spacial score (nSPS) is 18.2. The lowest BCUT2D eigenvalue weighted by molar-refractivity contribution is -0.122. The summed E-state index contributed by atoms with van der Waals surface area (Å²) >= 11 is 1.17. The highest BCUT2D eigenvalue weighted by atomic mass is 32.2. The number of carbonyl (C=O) groups is 2. The predicted molar refractivity (Wildman–Crippen MR) is 97.4 cm³/mol. The zero-order chi connectivity index (χ0) is 17.8. The highest BCUT2D eigenvalue weighted by Gasteiger charge is 2.32. The first-order valence-electron chi connectivity index (χ1n) is 7.68. The van der Waals surface area contributed by atoms with Crippen molar-refractivity contribution in [2.75, 3.05) is 5.32 Å². The van der Waals surface area contributed by atoms with Crippen LogP contribution in [0.2, 0.25) is 0 Å². The number of benzene rings is 2. The van der Waals surface area contributed by atoms with Crippen LogP contribution in [0.15, 0.2) is 53.5 Å². The molecular formula is C18H16FN3O2S. The molecule has 1 fully saturated rings. The van der Waals surface area contributed by atoms with Gasteiger partial charge >= 0.3 is 0 Å². The maximum absolute atomic E-state index is 13.6. The van der Waals surface area contributed by atoms with Gasteiger partial charge in [-0.25, -0.2) is 9.38 Å². The van der Waals surface area contributed by atoms with Gasteiger partial charge in [-0.2, -0.15) is 0 Å². The van der Waals surface area contributed by atoms with Crippen LogP contribution in [0.4, 0.5) is 15.8 Å². The Bertz CT molecular complexity index is 839. The molecule has 2 aromatic carbocycles. The third-order valence-electron chi connectivity index (χ3n) is 3.59. The molecule has 2 N–H and O–H groups in total. The molecule has 2 amide bonds. The molecular weight excluding hydrogens is 341 g/mol. The van der Waals surface area contributed by atoms with Crippen molar-refractivity contribution in [2.24, 2.45) is 4.99 Å². The van der Waals surface area contributed by atoms with Crippen molar-refractivity contribution in [2.45, 2.75) is 18.6 Å². The minimum atomic E-state index is -0.558. The molecule has 1 aliphatic heterocycles. The number of hydrogen-bond acceptors (Lipinski definition) is 4. The number of anilines is 1. The minimum Gasteiger partial charge on any atom is -0.326 e. The zero-order valence-corrected chi connectivity index (χ0v) is 14.3. The zero-order valence-electron chi connectivity index (χ0n) is 13.5. The smallest absolute Gasteiger partial charge is 0.240 e. The maximum Gasteiger partial charge on any atom is 0.240 e. The quantitative estimate of drug-likeness (QED) is 0.881. The van der Waals surface area contributed by atoms with Crippen molar-refractivity contribution < 1.29 is 14.0 Å². The Balaban J connectivity index is 1.63. The number of hydrogen-bond donors (Lipinski definition) is 2. The van der Waals surface area contributed by atoms with Gasteiger partial charge in [0, 0.05) is 12.1 Å². The lowest BCUT2D eigenvalue weighted by Gasteiger charge is -2.07. The van der Waals surface area contributed by atoms with E-state index in [0.717, 1.165) is 0 Å². The second-order valence-electron chi connectivity index (χ2n) is 5.56. The molecule has 25 heavy (non-hydrogen) atoms. The SMILES string of the molecule is Cc1ccc(N=C2NC(=O)[C@@H](CC(=O)Nc3ccccc3)S2)cc1F. The van der Waals surface area contributed by atoms with Crippen LogP contribution in [0.5, 0.6) is 0 Å². The highest BCUT2D eigenvalue weighted by Crippen LogP contribution is 2.26. The molecule has 1 aliphatic rings. The van der Waals surface area contributed by atoms with E-state index in [1.807, 2.05) is 18.2 Å². The fraction of sp³-hybridized carbons (Fsp3) is 0.167. The second kappa shape index (κ2) is 7.48. The van der Waals surface area contributed by atoms with Gasteiger partial charge in [-0.1, -0.05) is 36.0 Å². The lowest BCUT2D eigenvalue weighted by atomic mass is 10.2. The van der Waals surface area contributed by atoms with Crippen LogP contribution in [0.1, 0.15) is 12.0 Å². The summed E-state index contributed by atoms with van der Waals surface area (Å²) in [6, 6.07) is 13.7. The van der Waals surface area contributed by atoms with E-state index in [2.05, 4.69) is 15.6 Å². The Morgan fingerprint density at radius 2 is 2.04 bits per heavy atom. The Morgan fingerprint density at radius 1 is 1.28 bits per heavy atom. The molecule has 1 saturated heterocycles. The van der Waals surface area contributed by atoms with Crippen molar-refractivity contribution >= 4 is 40.1 Å². The molecule has 0 aliphatic carbocycles. The average molecular weight is 357 g/mol. The fourth-order valence-electron chi connectivity index (χ4n) is 2.26. The van der Waals surface area contributed by atoms with Crippen LogP contribution in [-0.4, -0.2) is 22.2 Å². The summed E-state index contributed by atoms with van der Waals surface area (Å²) in [7, 11) is 0. The summed E-state index contributed by atoms with van der Waals surface area (Å²) in [6.45, 7) is 1.67. The molecule has 7 heteroatoms. The van der Waals surface area contributed by atoms with Gasteiger partial charge < -0.3 is 10.6 Å². The van der Waals surface area contributed by atoms with Crippen LogP contribution in [-0.2, 0) is 9.59 Å². The van der Waals surface area contributed by atoms with Gasteiger partial charge in [0.1, 0.15) is 11.1 Å². The summed E-state index contributed by atoms with van der Waals surface area (Å²) < 4.78 is 13.6. The van der Waals surface area contributed by atoms with E-state index < -0.39 is 5.25 Å². The minimum absolute atomic E-state index is 0.0344. The summed E-state index contributed by atoms with van der Waals surface area (Å²) in [6.07, 6.45) is 0.0344. The van der Waals surface area contributed by atoms with Gasteiger partial charge in [0.15, 0.2) is 5.17 Å². The van der Waals surface area contributed by atoms with Crippen molar-refractivity contribution in [3.63, 3.8) is 0 Å². The molecule has 0 unspecified atom stereocenters. The van der Waals surface area contributed by atoms with E-state index in [-0.39, 0.29) is 24.1 Å². The number of carbonyl (C=O) groups excluding carboxylic acids is 2. The van der Waals surface area contributed by atoms with Crippen molar-refractivity contribution in [1.82, 2.24) is 5.32 Å². The van der Waals surface area contributed by atoms with Crippen LogP contribution in [0.25, 0.3) is 0 Å². The first-order valence-corrected chi connectivity index (χ1v) is 8.56. The molecule has 0 radical (unpaired) electrons. The average Bonchev–Trinajstić information content (AvgIpc) is 2.91. The Hall–Kier alpha value is -2.67. The maximum atomic E-state index is 13.6. The summed E-state index contributed by atoms with van der Waals surface area (Å²) in [4.78, 5) is 28.3. The molecule has 0 aromatic heterocycles. The number of amides is 2. The number of nitrogens with zero attached hydrogens (tertiary/aromatic N) is 1. The Morgan fingerprint density at radius 3 is 2.76 bits per heavy atom. The third kappa shape index (κ3) is 4.45. The largest absolute Gasteiger partial charge is 0.326 e. The van der Waals surface area contributed by atoms with Gasteiger partial charge in [0.2, 0.25) is 11.8 Å². The van der Waals surface area contributed by atoms with E-state index >= 15 is 0 Å². The topological polar surface area (TPSA) is 70.6 Å². The molecule has 5 nitrogen and oxygen atoms in total. The van der Waals surface area contributed by atoms with E-state index in [4.69, 9.17) is 0 Å². The molecule has 3 rings (SSSR count). The van der Waals surface area contributed by atoms with Crippen molar-refractivity contribution in [1.29, 1.82) is 0 Å². The van der Waals surface area contributed by atoms with E-state index in [1.54, 1.807) is 31.2 Å². The van der Waals surface area contributed by atoms with E-state index in [1.165, 1.54) is 17.8 Å². The number of rotatable bonds is 4. The molecule has 128 valence electrons. The number of amidine groups is 1. The molecule has 1 atom stereocenters. The number of para-hydroxylation sites is 1. The first kappa shape index (κ1) is 17.2. The van der Waals surface area contributed by atoms with Crippen LogP contribution < -0.4 is 10.6 Å². The molecule has 2 aromatic rings. The van der Waals surface area contributed by atoms with Gasteiger partial charge in [-0.3, -0.25) is 9.59 Å². The predicted octanol–water partition coefficient (Wildman–Crippen LogP) is 3.38. The molecule has 0 bridgehead atoms. The Labute approximate surface area is 148 Å². The van der Waals surface area contributed by atoms with Crippen LogP contribution >= 0.6 is 11.8 Å². The number of nitrogens with one attached hydrogen (secondary N) is 2. The monoisotopic (exact) mass is 357 g/mol. The lowest BCUT2D eigenvalue weighted by Crippen LogP contribution is -2.28. The number of halogens is 1. The van der Waals surface area contributed by atoms with Gasteiger partial charge in [0.05, 0.1) is 5.69 Å². The molecule has 0 saturated carbocycles. The number of thioether (sulfide) groups is 1. The highest BCUT2D eigenvalue weighted by molar-refractivity contribution is 8.15. The van der Waals surface area contributed by atoms with Crippen molar-refractivity contribution in [3.05, 3.63) is 59.9 Å². The third-order valence-corrected chi connectivity index (χ3v) is 4.67. The first-order chi connectivity index (χ1) is 12.0. The molecule has 1 heterocycles. The van der Waals surface area contributed by atoms with E-state index in [0.29, 0.717) is 22.1 Å². The summed E-state index contributed by atoms with van der Waals surface area (Å²) in [5.74, 6) is -0.879. The van der Waals surface area contributed by atoms with E-state index in [9.17, 15) is 14.0 Å². The van der Waals surface area contributed by atoms with Gasteiger partial charge in [-0.15, -0.1) is 0 Å². The van der Waals surface area contributed by atoms with Gasteiger partial charge in [-0.05, 0) is 36.8 Å². The standard InChI is InChI=1S/C18H16FN3O2S/c1-11-7-8-13(9-14(11)19)21-18-22-17(24)15(25-18)10-16(23)20-12-5-3-2-4-6-12/h2-9,15H,10H2,1H3,(H,20,23)(H,21,22,24)/t15-/m1/s1. The fourth-order valence-corrected chi connectivity index (χ4v) is 3.25. The second-order valence-corrected chi connectivity index (χ2v) is 6.76. The van der Waals surface area contributed by atoms with Crippen LogP contribution in [0, 0.1) is 12.7 Å². The van der Waals surface area contributed by atoms with Crippen LogP contribution in [0.3, 0.4) is 0 Å². The molecule has 0 spiro atoms. The summed E-state index contributed by atoms with van der Waals surface area (Å²) in [5, 5.41) is 5.18. The number of aliphatic imine (C=N–C) groups is 1. The number of aryl methyl sites for hydroxylation is 1.